The highest BCUT2D eigenvalue weighted by Gasteiger charge is 2.30. The zero-order valence-corrected chi connectivity index (χ0v) is 15.6. The van der Waals surface area contributed by atoms with E-state index in [2.05, 4.69) is 10.1 Å². The molecule has 2 aliphatic heterocycles. The van der Waals surface area contributed by atoms with Crippen LogP contribution in [0.1, 0.15) is 49.1 Å². The van der Waals surface area contributed by atoms with Gasteiger partial charge in [0, 0.05) is 30.8 Å². The van der Waals surface area contributed by atoms with Crippen LogP contribution >= 0.6 is 0 Å². The molecule has 144 valence electrons. The van der Waals surface area contributed by atoms with E-state index < -0.39 is 0 Å². The number of benzene rings is 1. The van der Waals surface area contributed by atoms with Crippen LogP contribution < -0.4 is 0 Å². The third-order valence-corrected chi connectivity index (χ3v) is 5.74. The Hall–Kier alpha value is -2.21. The molecule has 2 aromatic rings. The Balaban J connectivity index is 1.46. The van der Waals surface area contributed by atoms with Crippen molar-refractivity contribution in [2.24, 2.45) is 0 Å². The van der Waals surface area contributed by atoms with Gasteiger partial charge in [-0.3, -0.25) is 4.79 Å². The van der Waals surface area contributed by atoms with Gasteiger partial charge in [-0.05, 0) is 63.7 Å². The van der Waals surface area contributed by atoms with Crippen LogP contribution in [0.15, 0.2) is 34.9 Å². The molecule has 1 aromatic heterocycles. The van der Waals surface area contributed by atoms with Crippen LogP contribution in [-0.4, -0.2) is 53.1 Å². The molecule has 1 aromatic carbocycles. The number of rotatable bonds is 5. The van der Waals surface area contributed by atoms with Crippen LogP contribution in [0.25, 0.3) is 11.3 Å². The van der Waals surface area contributed by atoms with Crippen LogP contribution in [-0.2, 0) is 0 Å². The maximum Gasteiger partial charge on any atom is 0.292 e. The smallest absolute Gasteiger partial charge is 0.292 e. The lowest BCUT2D eigenvalue weighted by molar-refractivity contribution is 0.0546. The Morgan fingerprint density at radius 3 is 2.74 bits per heavy atom. The second-order valence-electron chi connectivity index (χ2n) is 7.54. The molecule has 0 aliphatic carbocycles. The summed E-state index contributed by atoms with van der Waals surface area (Å²) in [5.74, 6) is -0.302. The fourth-order valence-electron chi connectivity index (χ4n) is 4.22. The summed E-state index contributed by atoms with van der Waals surface area (Å²) in [5.41, 5.74) is 0.714. The fraction of sp³-hybridized carbons (Fsp3) is 0.524. The number of hydrogen-bond donors (Lipinski definition) is 0. The number of halogens is 1. The predicted octanol–water partition coefficient (Wildman–Crippen LogP) is 3.96. The van der Waals surface area contributed by atoms with Crippen molar-refractivity contribution in [3.05, 3.63) is 41.9 Å². The molecule has 1 amide bonds. The summed E-state index contributed by atoms with van der Waals surface area (Å²) in [7, 11) is 0. The van der Waals surface area contributed by atoms with E-state index in [1.165, 1.54) is 32.0 Å². The lowest BCUT2D eigenvalue weighted by atomic mass is 9.98. The number of aromatic nitrogens is 1. The van der Waals surface area contributed by atoms with E-state index in [1.54, 1.807) is 24.3 Å². The van der Waals surface area contributed by atoms with E-state index in [0.717, 1.165) is 38.8 Å². The van der Waals surface area contributed by atoms with E-state index in [1.807, 2.05) is 4.90 Å². The summed E-state index contributed by atoms with van der Waals surface area (Å²) in [5, 5.41) is 3.93. The average molecular weight is 371 g/mol. The SMILES string of the molecule is O=C(c1cc(-c2ccccc2F)no1)N1CCCCC1CCN1CCCC1. The molecular formula is C21H26FN3O2. The molecule has 4 rings (SSSR count). The van der Waals surface area contributed by atoms with Gasteiger partial charge in [0.15, 0.2) is 0 Å². The first-order valence-electron chi connectivity index (χ1n) is 9.97. The minimum atomic E-state index is -0.369. The van der Waals surface area contributed by atoms with Crippen molar-refractivity contribution in [2.75, 3.05) is 26.2 Å². The summed E-state index contributed by atoms with van der Waals surface area (Å²) in [6.45, 7) is 4.15. The van der Waals surface area contributed by atoms with E-state index in [0.29, 0.717) is 11.3 Å². The van der Waals surface area contributed by atoms with E-state index in [-0.39, 0.29) is 23.5 Å². The topological polar surface area (TPSA) is 49.6 Å². The summed E-state index contributed by atoms with van der Waals surface area (Å²) < 4.78 is 19.3. The monoisotopic (exact) mass is 371 g/mol. The molecule has 6 heteroatoms. The molecule has 1 atom stereocenters. The summed E-state index contributed by atoms with van der Waals surface area (Å²) >= 11 is 0. The first kappa shape index (κ1) is 18.2. The Kier molecular flexibility index (Phi) is 5.53. The van der Waals surface area contributed by atoms with Gasteiger partial charge < -0.3 is 14.3 Å². The molecule has 0 saturated carbocycles. The van der Waals surface area contributed by atoms with Gasteiger partial charge in [0.1, 0.15) is 11.5 Å². The van der Waals surface area contributed by atoms with Crippen molar-refractivity contribution in [3.63, 3.8) is 0 Å². The van der Waals surface area contributed by atoms with Gasteiger partial charge in [-0.15, -0.1) is 0 Å². The standard InChI is InChI=1S/C21H26FN3O2/c22-18-9-2-1-8-17(18)19-15-20(27-23-19)21(26)25-13-4-3-7-16(25)10-14-24-11-5-6-12-24/h1-2,8-9,15-16H,3-7,10-14H2. The number of amides is 1. The average Bonchev–Trinajstić information content (AvgIpc) is 3.38. The summed E-state index contributed by atoms with van der Waals surface area (Å²) in [4.78, 5) is 17.4. The molecule has 2 saturated heterocycles. The molecule has 0 N–H and O–H groups in total. The van der Waals surface area contributed by atoms with E-state index in [9.17, 15) is 9.18 Å². The van der Waals surface area contributed by atoms with Crippen molar-refractivity contribution in [2.45, 2.75) is 44.6 Å². The Morgan fingerprint density at radius 1 is 1.15 bits per heavy atom. The Labute approximate surface area is 159 Å². The molecule has 5 nitrogen and oxygen atoms in total. The van der Waals surface area contributed by atoms with Crippen molar-refractivity contribution in [1.29, 1.82) is 0 Å². The zero-order valence-electron chi connectivity index (χ0n) is 15.6. The fourth-order valence-corrected chi connectivity index (χ4v) is 4.22. The molecular weight excluding hydrogens is 345 g/mol. The quantitative estimate of drug-likeness (QED) is 0.798. The number of nitrogens with zero attached hydrogens (tertiary/aromatic N) is 3. The summed E-state index contributed by atoms with van der Waals surface area (Å²) in [6, 6.07) is 8.20. The van der Waals surface area contributed by atoms with Crippen molar-refractivity contribution < 1.29 is 13.7 Å². The third kappa shape index (κ3) is 4.05. The third-order valence-electron chi connectivity index (χ3n) is 5.74. The van der Waals surface area contributed by atoms with Crippen molar-refractivity contribution in [1.82, 2.24) is 15.0 Å². The normalized spacial score (nSPS) is 20.9. The maximum atomic E-state index is 14.0. The number of hydrogen-bond acceptors (Lipinski definition) is 4. The van der Waals surface area contributed by atoms with E-state index in [4.69, 9.17) is 4.52 Å². The van der Waals surface area contributed by atoms with Crippen LogP contribution in [0, 0.1) is 5.82 Å². The highest BCUT2D eigenvalue weighted by Crippen LogP contribution is 2.26. The van der Waals surface area contributed by atoms with Crippen molar-refractivity contribution >= 4 is 5.91 Å². The maximum absolute atomic E-state index is 14.0. The van der Waals surface area contributed by atoms with Crippen molar-refractivity contribution in [3.8, 4) is 11.3 Å². The number of carbonyl (C=O) groups excluding carboxylic acids is 1. The minimum Gasteiger partial charge on any atom is -0.350 e. The lowest BCUT2D eigenvalue weighted by Gasteiger charge is -2.36. The summed E-state index contributed by atoms with van der Waals surface area (Å²) in [6.07, 6.45) is 6.77. The molecule has 27 heavy (non-hydrogen) atoms. The Morgan fingerprint density at radius 2 is 1.93 bits per heavy atom. The van der Waals surface area contributed by atoms with Crippen LogP contribution in [0.3, 0.4) is 0 Å². The minimum absolute atomic E-state index is 0.129. The van der Waals surface area contributed by atoms with Gasteiger partial charge >= 0.3 is 0 Å². The number of piperidine rings is 1. The molecule has 2 aliphatic rings. The molecule has 0 spiro atoms. The second-order valence-corrected chi connectivity index (χ2v) is 7.54. The highest BCUT2D eigenvalue weighted by atomic mass is 19.1. The van der Waals surface area contributed by atoms with Gasteiger partial charge in [0.05, 0.1) is 0 Å². The number of likely N-dealkylation sites (tertiary alicyclic amines) is 2. The lowest BCUT2D eigenvalue weighted by Crippen LogP contribution is -2.45. The Bertz CT molecular complexity index is 785. The molecule has 0 bridgehead atoms. The van der Waals surface area contributed by atoms with Crippen LogP contribution in [0.5, 0.6) is 0 Å². The van der Waals surface area contributed by atoms with Crippen LogP contribution in [0.4, 0.5) is 4.39 Å². The van der Waals surface area contributed by atoms with Gasteiger partial charge in [0.25, 0.3) is 5.91 Å². The van der Waals surface area contributed by atoms with Gasteiger partial charge in [-0.2, -0.15) is 0 Å². The van der Waals surface area contributed by atoms with Gasteiger partial charge in [-0.1, -0.05) is 17.3 Å². The van der Waals surface area contributed by atoms with E-state index >= 15 is 0 Å². The predicted molar refractivity (Wildman–Crippen MR) is 101 cm³/mol. The largest absolute Gasteiger partial charge is 0.350 e. The molecule has 0 radical (unpaired) electrons. The molecule has 3 heterocycles. The van der Waals surface area contributed by atoms with Gasteiger partial charge in [-0.25, -0.2) is 4.39 Å². The first-order chi connectivity index (χ1) is 13.2. The number of carbonyl (C=O) groups is 1. The van der Waals surface area contributed by atoms with Crippen LogP contribution in [0.2, 0.25) is 0 Å². The molecule has 1 unspecified atom stereocenters. The second kappa shape index (κ2) is 8.21. The zero-order chi connectivity index (χ0) is 18.6. The molecule has 2 fully saturated rings. The highest BCUT2D eigenvalue weighted by molar-refractivity contribution is 5.92. The van der Waals surface area contributed by atoms with Gasteiger partial charge in [0.2, 0.25) is 5.76 Å². The first-order valence-corrected chi connectivity index (χ1v) is 9.97.